The molecule has 0 aromatic rings. The number of esters is 4. The van der Waals surface area contributed by atoms with E-state index < -0.39 is 97.5 Å². The zero-order valence-corrected chi connectivity index (χ0v) is 73.0. The lowest BCUT2D eigenvalue weighted by molar-refractivity contribution is -0.161. The number of phosphoric ester groups is 2. The molecule has 0 aliphatic heterocycles. The summed E-state index contributed by atoms with van der Waals surface area (Å²) in [5, 5.41) is 10.7. The molecule has 0 bridgehead atoms. The molecule has 19 heteroatoms. The Labute approximate surface area is 664 Å². The normalized spacial score (nSPS) is 14.3. The van der Waals surface area contributed by atoms with E-state index in [1.54, 1.807) is 0 Å². The molecule has 0 saturated carbocycles. The number of rotatable bonds is 88. The second kappa shape index (κ2) is 80.3. The van der Waals surface area contributed by atoms with Gasteiger partial charge in [-0.1, -0.05) is 427 Å². The number of phosphoric acid groups is 2. The number of aliphatic hydroxyl groups excluding tert-OH is 1. The predicted molar refractivity (Wildman–Crippen MR) is 446 cm³/mol. The standard InChI is InChI=1S/C89H174O17P2/c1-7-11-13-15-17-19-21-23-25-26-27-28-32-35-39-42-46-53-59-65-71-86(91)99-77-84(105-89(94)74-68-62-56-48-44-40-36-33-30-29-31-34-37-41-45-51-57-63-69-81(5)9-3)79-103-107(95,96)101-75-83(90)76-102-108(97,98)104-80-85(78-100-87(92)72-66-60-54-50-49-52-58-64-70-82(6)10-4)106-88(93)73-67-61-55-47-43-38-24-22-20-18-16-14-12-8-2/h81-85,90H,7-80H2,1-6H3,(H,95,96)(H,97,98)/t81?,82?,83-,84-,85-/m1/s1. The molecule has 0 aromatic heterocycles. The van der Waals surface area contributed by atoms with Gasteiger partial charge in [0.25, 0.3) is 0 Å². The van der Waals surface area contributed by atoms with Crippen molar-refractivity contribution in [2.45, 2.75) is 496 Å². The predicted octanol–water partition coefficient (Wildman–Crippen LogP) is 27.4. The molecular weight excluding hydrogens is 1400 g/mol. The van der Waals surface area contributed by atoms with E-state index in [0.717, 1.165) is 102 Å². The average Bonchev–Trinajstić information content (AvgIpc) is 0.898. The molecule has 0 saturated heterocycles. The van der Waals surface area contributed by atoms with Crippen molar-refractivity contribution in [3.8, 4) is 0 Å². The van der Waals surface area contributed by atoms with E-state index >= 15 is 0 Å². The molecule has 0 rings (SSSR count). The highest BCUT2D eigenvalue weighted by Crippen LogP contribution is 2.45. The second-order valence-corrected chi connectivity index (χ2v) is 35.4. The summed E-state index contributed by atoms with van der Waals surface area (Å²) in [6.45, 7) is 9.76. The van der Waals surface area contributed by atoms with E-state index in [9.17, 15) is 43.2 Å². The van der Waals surface area contributed by atoms with E-state index in [4.69, 9.17) is 37.0 Å². The van der Waals surface area contributed by atoms with Gasteiger partial charge >= 0.3 is 39.5 Å². The second-order valence-electron chi connectivity index (χ2n) is 32.5. The van der Waals surface area contributed by atoms with Crippen molar-refractivity contribution in [3.63, 3.8) is 0 Å². The van der Waals surface area contributed by atoms with E-state index in [2.05, 4.69) is 41.5 Å². The molecule has 4 unspecified atom stereocenters. The van der Waals surface area contributed by atoms with Crippen LogP contribution in [0.1, 0.15) is 478 Å². The molecule has 0 fully saturated rings. The zero-order chi connectivity index (χ0) is 79.2. The SMILES string of the molecule is CCCCCCCCCCCCCCCCCCCCCCC(=O)OC[C@H](COP(=O)(O)OC[C@@H](O)COP(=O)(O)OC[C@@H](COC(=O)CCCCCCCCCCC(C)CC)OC(=O)CCCCCCCCCCCCCCCC)OC(=O)CCCCCCCCCCCCCCCCCCCCC(C)CC. The lowest BCUT2D eigenvalue weighted by Crippen LogP contribution is -2.30. The van der Waals surface area contributed by atoms with Crippen LogP contribution in [0.15, 0.2) is 0 Å². The Balaban J connectivity index is 5.24. The van der Waals surface area contributed by atoms with Crippen LogP contribution in [-0.4, -0.2) is 96.7 Å². The van der Waals surface area contributed by atoms with Gasteiger partial charge < -0.3 is 33.8 Å². The minimum absolute atomic E-state index is 0.108. The summed E-state index contributed by atoms with van der Waals surface area (Å²) in [5.74, 6) is -0.449. The number of hydrogen-bond donors (Lipinski definition) is 3. The Morgan fingerprint density at radius 3 is 0.657 bits per heavy atom. The van der Waals surface area contributed by atoms with Crippen molar-refractivity contribution in [1.82, 2.24) is 0 Å². The van der Waals surface area contributed by atoms with Crippen molar-refractivity contribution in [2.75, 3.05) is 39.6 Å². The fraction of sp³-hybridized carbons (Fsp3) is 0.955. The van der Waals surface area contributed by atoms with Crippen LogP contribution in [0.25, 0.3) is 0 Å². The third kappa shape index (κ3) is 79.3. The number of hydrogen-bond acceptors (Lipinski definition) is 15. The maximum atomic E-state index is 13.2. The Hall–Kier alpha value is -1.94. The van der Waals surface area contributed by atoms with Crippen molar-refractivity contribution in [1.29, 1.82) is 0 Å². The molecule has 7 atom stereocenters. The quantitative estimate of drug-likeness (QED) is 0.0222. The first kappa shape index (κ1) is 106. The summed E-state index contributed by atoms with van der Waals surface area (Å²) in [7, 11) is -9.93. The Morgan fingerprint density at radius 2 is 0.444 bits per heavy atom. The first-order chi connectivity index (χ1) is 52.4. The van der Waals surface area contributed by atoms with Crippen LogP contribution < -0.4 is 0 Å². The number of ether oxygens (including phenoxy) is 4. The van der Waals surface area contributed by atoms with Crippen molar-refractivity contribution in [2.24, 2.45) is 11.8 Å². The van der Waals surface area contributed by atoms with Crippen molar-refractivity contribution < 1.29 is 80.2 Å². The molecular formula is C89H174O17P2. The summed E-state index contributed by atoms with van der Waals surface area (Å²) in [6, 6.07) is 0. The van der Waals surface area contributed by atoms with Gasteiger partial charge in [-0.2, -0.15) is 0 Å². The van der Waals surface area contributed by atoms with Crippen LogP contribution in [0, 0.1) is 11.8 Å². The van der Waals surface area contributed by atoms with Crippen LogP contribution in [0.4, 0.5) is 0 Å². The average molecular weight is 1580 g/mol. The number of unbranched alkanes of at least 4 members (excludes halogenated alkanes) is 56. The third-order valence-corrected chi connectivity index (χ3v) is 23.6. The van der Waals surface area contributed by atoms with Gasteiger partial charge in [-0.25, -0.2) is 9.13 Å². The summed E-state index contributed by atoms with van der Waals surface area (Å²) in [5.41, 5.74) is 0. The van der Waals surface area contributed by atoms with E-state index in [-0.39, 0.29) is 25.7 Å². The Morgan fingerprint density at radius 1 is 0.259 bits per heavy atom. The molecule has 0 spiro atoms. The smallest absolute Gasteiger partial charge is 0.462 e. The van der Waals surface area contributed by atoms with Gasteiger partial charge in [0.1, 0.15) is 19.3 Å². The molecule has 0 heterocycles. The van der Waals surface area contributed by atoms with Gasteiger partial charge in [0, 0.05) is 25.7 Å². The maximum absolute atomic E-state index is 13.2. The molecule has 0 aliphatic carbocycles. The lowest BCUT2D eigenvalue weighted by atomic mass is 9.99. The fourth-order valence-corrected chi connectivity index (χ4v) is 15.5. The summed E-state index contributed by atoms with van der Waals surface area (Å²) < 4.78 is 69.0. The number of carbonyl (C=O) groups is 4. The largest absolute Gasteiger partial charge is 0.472 e. The van der Waals surface area contributed by atoms with Crippen molar-refractivity contribution in [3.05, 3.63) is 0 Å². The van der Waals surface area contributed by atoms with Gasteiger partial charge in [-0.05, 0) is 37.5 Å². The zero-order valence-electron chi connectivity index (χ0n) is 71.2. The minimum atomic E-state index is -4.97. The van der Waals surface area contributed by atoms with E-state index in [1.807, 2.05) is 0 Å². The van der Waals surface area contributed by atoms with Crippen LogP contribution in [-0.2, 0) is 65.4 Å². The first-order valence-electron chi connectivity index (χ1n) is 46.1. The highest BCUT2D eigenvalue weighted by Gasteiger charge is 2.31. The molecule has 0 amide bonds. The Kier molecular flexibility index (Phi) is 78.8. The van der Waals surface area contributed by atoms with Crippen LogP contribution in [0.2, 0.25) is 0 Å². The summed E-state index contributed by atoms with van der Waals surface area (Å²) in [6.07, 6.45) is 73.6. The summed E-state index contributed by atoms with van der Waals surface area (Å²) in [4.78, 5) is 73.3. The van der Waals surface area contributed by atoms with Gasteiger partial charge in [0.2, 0.25) is 0 Å². The van der Waals surface area contributed by atoms with E-state index in [0.29, 0.717) is 25.7 Å². The van der Waals surface area contributed by atoms with Crippen LogP contribution >= 0.6 is 15.6 Å². The third-order valence-electron chi connectivity index (χ3n) is 21.7. The topological polar surface area (TPSA) is 237 Å². The minimum Gasteiger partial charge on any atom is -0.462 e. The van der Waals surface area contributed by atoms with Crippen LogP contribution in [0.5, 0.6) is 0 Å². The van der Waals surface area contributed by atoms with Crippen LogP contribution in [0.3, 0.4) is 0 Å². The molecule has 3 N–H and O–H groups in total. The van der Waals surface area contributed by atoms with Gasteiger partial charge in [-0.3, -0.25) is 37.3 Å². The lowest BCUT2D eigenvalue weighted by Gasteiger charge is -2.21. The van der Waals surface area contributed by atoms with E-state index in [1.165, 1.54) is 295 Å². The Bertz CT molecular complexity index is 2070. The van der Waals surface area contributed by atoms with Crippen molar-refractivity contribution >= 4 is 39.5 Å². The monoisotopic (exact) mass is 1580 g/mol. The van der Waals surface area contributed by atoms with Gasteiger partial charge in [-0.15, -0.1) is 0 Å². The van der Waals surface area contributed by atoms with Gasteiger partial charge in [0.15, 0.2) is 12.2 Å². The summed E-state index contributed by atoms with van der Waals surface area (Å²) >= 11 is 0. The number of aliphatic hydroxyl groups is 1. The molecule has 0 aliphatic rings. The molecule has 642 valence electrons. The highest BCUT2D eigenvalue weighted by atomic mass is 31.2. The maximum Gasteiger partial charge on any atom is 0.472 e. The molecule has 17 nitrogen and oxygen atoms in total. The fourth-order valence-electron chi connectivity index (χ4n) is 13.9. The molecule has 108 heavy (non-hydrogen) atoms. The van der Waals surface area contributed by atoms with Gasteiger partial charge in [0.05, 0.1) is 26.4 Å². The first-order valence-corrected chi connectivity index (χ1v) is 49.1. The molecule has 0 aromatic carbocycles. The highest BCUT2D eigenvalue weighted by molar-refractivity contribution is 7.47. The number of carbonyl (C=O) groups excluding carboxylic acids is 4. The molecule has 0 radical (unpaired) electrons.